The second kappa shape index (κ2) is 11.8. The molecular formula is C43H38N2O2S. The molecule has 2 aromatic heterocycles. The molecule has 0 fully saturated rings. The fraction of sp³-hybridized carbons (Fsp3) is 0.186. The summed E-state index contributed by atoms with van der Waals surface area (Å²) in [5.74, 6) is -0.498. The van der Waals surface area contributed by atoms with Gasteiger partial charge in [0.25, 0.3) is 0 Å². The van der Waals surface area contributed by atoms with Gasteiger partial charge in [0.1, 0.15) is 0 Å². The van der Waals surface area contributed by atoms with E-state index in [4.69, 9.17) is 0 Å². The van der Waals surface area contributed by atoms with Crippen molar-refractivity contribution in [3.05, 3.63) is 148 Å². The van der Waals surface area contributed by atoms with E-state index in [1.54, 1.807) is 29.7 Å². The Hall–Kier alpha value is -5.13. The van der Waals surface area contributed by atoms with Crippen molar-refractivity contribution in [2.24, 2.45) is 0 Å². The number of benzene rings is 4. The van der Waals surface area contributed by atoms with E-state index in [-0.39, 0.29) is 28.0 Å². The summed E-state index contributed by atoms with van der Waals surface area (Å²) in [5.41, 5.74) is 8.17. The average molecular weight is 647 g/mol. The summed E-state index contributed by atoms with van der Waals surface area (Å²) < 4.78 is 0. The Labute approximate surface area is 286 Å². The molecular weight excluding hydrogens is 609 g/mol. The first-order chi connectivity index (χ1) is 22.9. The summed E-state index contributed by atoms with van der Waals surface area (Å²) in [6.45, 7) is 13.4. The van der Waals surface area contributed by atoms with Crippen LogP contribution in [0, 0.1) is 0 Å². The fourth-order valence-corrected chi connectivity index (χ4v) is 7.17. The van der Waals surface area contributed by atoms with Gasteiger partial charge in [0.2, 0.25) is 0 Å². The number of carbonyl (C=O) groups is 2. The van der Waals surface area contributed by atoms with E-state index in [2.05, 4.69) is 142 Å². The number of allylic oxidation sites excluding steroid dienone is 1. The molecule has 1 aliphatic carbocycles. The Morgan fingerprint density at radius 1 is 0.604 bits per heavy atom. The van der Waals surface area contributed by atoms with E-state index < -0.39 is 0 Å². The molecule has 4 aromatic carbocycles. The minimum absolute atomic E-state index is 0.0769. The molecule has 0 radical (unpaired) electrons. The third kappa shape index (κ3) is 5.91. The van der Waals surface area contributed by atoms with Crippen LogP contribution in [0.2, 0.25) is 0 Å². The molecule has 0 amide bonds. The number of anilines is 3. The van der Waals surface area contributed by atoms with Gasteiger partial charge in [-0.05, 0) is 105 Å². The first-order valence-electron chi connectivity index (χ1n) is 16.3. The van der Waals surface area contributed by atoms with Gasteiger partial charge >= 0.3 is 0 Å². The summed E-state index contributed by atoms with van der Waals surface area (Å²) in [4.78, 5) is 34.0. The van der Waals surface area contributed by atoms with Crippen molar-refractivity contribution in [3.63, 3.8) is 0 Å². The quantitative estimate of drug-likeness (QED) is 0.138. The molecule has 0 aliphatic heterocycles. The molecule has 0 saturated carbocycles. The van der Waals surface area contributed by atoms with Crippen molar-refractivity contribution in [1.82, 2.24) is 4.98 Å². The number of aromatic nitrogens is 1. The molecule has 6 aromatic rings. The predicted octanol–water partition coefficient (Wildman–Crippen LogP) is 11.5. The molecule has 0 saturated heterocycles. The molecule has 1 aliphatic rings. The van der Waals surface area contributed by atoms with Crippen molar-refractivity contribution >= 4 is 56.8 Å². The molecule has 238 valence electrons. The lowest BCUT2D eigenvalue weighted by molar-refractivity contribution is 0.0990. The van der Waals surface area contributed by atoms with Crippen LogP contribution >= 0.6 is 11.3 Å². The van der Waals surface area contributed by atoms with Crippen LogP contribution in [-0.2, 0) is 10.8 Å². The number of pyridine rings is 1. The second-order valence-electron chi connectivity index (χ2n) is 14.5. The Kier molecular flexibility index (Phi) is 7.76. The normalized spacial score (nSPS) is 14.2. The highest BCUT2D eigenvalue weighted by atomic mass is 32.1. The molecule has 5 heteroatoms. The predicted molar refractivity (Wildman–Crippen MR) is 200 cm³/mol. The number of hydrogen-bond acceptors (Lipinski definition) is 5. The summed E-state index contributed by atoms with van der Waals surface area (Å²) in [5, 5.41) is 2.28. The van der Waals surface area contributed by atoms with Crippen LogP contribution < -0.4 is 4.90 Å². The Morgan fingerprint density at radius 3 is 1.77 bits per heavy atom. The summed E-state index contributed by atoms with van der Waals surface area (Å²) in [6.07, 6.45) is 4.73. The van der Waals surface area contributed by atoms with Gasteiger partial charge in [-0.25, -0.2) is 0 Å². The van der Waals surface area contributed by atoms with Crippen LogP contribution in [0.15, 0.2) is 121 Å². The van der Waals surface area contributed by atoms with E-state index >= 15 is 0 Å². The van der Waals surface area contributed by atoms with E-state index in [1.165, 1.54) is 17.3 Å². The van der Waals surface area contributed by atoms with Crippen molar-refractivity contribution in [1.29, 1.82) is 0 Å². The molecule has 2 heterocycles. The van der Waals surface area contributed by atoms with E-state index in [0.29, 0.717) is 11.1 Å². The minimum Gasteiger partial charge on any atom is -0.310 e. The second-order valence-corrected chi connectivity index (χ2v) is 15.6. The number of rotatable bonds is 5. The molecule has 0 spiro atoms. The number of hydrogen-bond donors (Lipinski definition) is 0. The number of fused-ring (bicyclic) bond motifs is 2. The van der Waals surface area contributed by atoms with Crippen LogP contribution in [0.25, 0.3) is 27.3 Å². The Bertz CT molecular complexity index is 2130. The largest absolute Gasteiger partial charge is 0.310 e. The zero-order valence-electron chi connectivity index (χ0n) is 28.2. The fourth-order valence-electron chi connectivity index (χ4n) is 6.22. The zero-order chi connectivity index (χ0) is 33.8. The van der Waals surface area contributed by atoms with Gasteiger partial charge in [0, 0.05) is 44.8 Å². The van der Waals surface area contributed by atoms with Gasteiger partial charge in [-0.15, -0.1) is 11.3 Å². The third-order valence-corrected chi connectivity index (χ3v) is 10.1. The van der Waals surface area contributed by atoms with E-state index in [9.17, 15) is 9.59 Å². The molecule has 4 nitrogen and oxygen atoms in total. The maximum atomic E-state index is 12.9. The minimum atomic E-state index is -0.260. The lowest BCUT2D eigenvalue weighted by atomic mass is 9.86. The topological polar surface area (TPSA) is 50.3 Å². The van der Waals surface area contributed by atoms with Gasteiger partial charge < -0.3 is 4.90 Å². The summed E-state index contributed by atoms with van der Waals surface area (Å²) >= 11 is 1.57. The van der Waals surface area contributed by atoms with Gasteiger partial charge in [0.15, 0.2) is 11.6 Å². The van der Waals surface area contributed by atoms with Gasteiger partial charge in [-0.1, -0.05) is 84.0 Å². The van der Waals surface area contributed by atoms with E-state index in [0.717, 1.165) is 43.2 Å². The Morgan fingerprint density at radius 2 is 1.17 bits per heavy atom. The number of ketones is 2. The third-order valence-electron chi connectivity index (χ3n) is 9.06. The monoisotopic (exact) mass is 646 g/mol. The average Bonchev–Trinajstić information content (AvgIpc) is 3.63. The summed E-state index contributed by atoms with van der Waals surface area (Å²) in [6, 6.07) is 36.6. The number of Topliss-reactive ketones (excluding diaryl/α,β-unsaturated/α-hetero) is 2. The lowest BCUT2D eigenvalue weighted by Gasteiger charge is -2.28. The smallest absolute Gasteiger partial charge is 0.199 e. The van der Waals surface area contributed by atoms with Gasteiger partial charge in [-0.2, -0.15) is 0 Å². The molecule has 0 bridgehead atoms. The van der Waals surface area contributed by atoms with Crippen LogP contribution in [-0.4, -0.2) is 16.6 Å². The first-order valence-corrected chi connectivity index (χ1v) is 17.1. The maximum absolute atomic E-state index is 12.9. The van der Waals surface area contributed by atoms with Crippen molar-refractivity contribution < 1.29 is 9.59 Å². The van der Waals surface area contributed by atoms with Crippen LogP contribution in [0.1, 0.15) is 78.3 Å². The first kappa shape index (κ1) is 31.5. The standard InChI is InChI=1S/C43H38N2O2S/c1-42(2,3)30-10-15-32(16-11-30)45(33-17-12-31(13-18-33)43(4,5)6)34-14-9-27-23-29(8-7-28(27)24-34)39-20-19-35(48-39)25-37-40(46)36-21-22-44-26-38(36)41(37)47/h7-26H,1-6H3/b37-25-. The van der Waals surface area contributed by atoms with E-state index in [1.807, 2.05) is 6.07 Å². The molecule has 0 N–H and O–H groups in total. The number of thiophene rings is 1. The highest BCUT2D eigenvalue weighted by Gasteiger charge is 2.33. The lowest BCUT2D eigenvalue weighted by Crippen LogP contribution is -2.14. The highest BCUT2D eigenvalue weighted by molar-refractivity contribution is 7.16. The van der Waals surface area contributed by atoms with Crippen LogP contribution in [0.5, 0.6) is 0 Å². The van der Waals surface area contributed by atoms with Gasteiger partial charge in [0.05, 0.1) is 11.1 Å². The molecule has 0 unspecified atom stereocenters. The number of carbonyl (C=O) groups excluding carboxylic acids is 2. The summed E-state index contributed by atoms with van der Waals surface area (Å²) in [7, 11) is 0. The Balaban J connectivity index is 1.21. The van der Waals surface area contributed by atoms with Crippen molar-refractivity contribution in [2.45, 2.75) is 52.4 Å². The van der Waals surface area contributed by atoms with Crippen molar-refractivity contribution in [2.75, 3.05) is 4.90 Å². The van der Waals surface area contributed by atoms with Crippen LogP contribution in [0.4, 0.5) is 17.1 Å². The SMILES string of the molecule is CC(C)(C)c1ccc(N(c2ccc(C(C)(C)C)cc2)c2ccc3cc(-c4ccc(/C=C5/C(=O)c6ccncc6C5=O)s4)ccc3c2)cc1. The molecule has 7 rings (SSSR count). The zero-order valence-corrected chi connectivity index (χ0v) is 29.0. The number of nitrogens with zero attached hydrogens (tertiary/aromatic N) is 2. The van der Waals surface area contributed by atoms with Crippen molar-refractivity contribution in [3.8, 4) is 10.4 Å². The van der Waals surface area contributed by atoms with Crippen LogP contribution in [0.3, 0.4) is 0 Å². The molecule has 48 heavy (non-hydrogen) atoms. The highest BCUT2D eigenvalue weighted by Crippen LogP contribution is 2.39. The maximum Gasteiger partial charge on any atom is 0.199 e. The van der Waals surface area contributed by atoms with Gasteiger partial charge in [-0.3, -0.25) is 14.6 Å². The molecule has 0 atom stereocenters.